The molecule has 0 aromatic carbocycles. The summed E-state index contributed by atoms with van der Waals surface area (Å²) in [5, 5.41) is 12.5. The molecule has 142 valence electrons. The summed E-state index contributed by atoms with van der Waals surface area (Å²) in [7, 11) is 0. The number of carbonyl (C=O) groups is 2. The van der Waals surface area contributed by atoms with Crippen molar-refractivity contribution in [2.24, 2.45) is 0 Å². The second-order valence-corrected chi connectivity index (χ2v) is 7.00. The number of carbonyl (C=O) groups excluding carboxylic acids is 2. The highest BCUT2D eigenvalue weighted by atomic mass is 16.5. The van der Waals surface area contributed by atoms with Crippen LogP contribution in [0.15, 0.2) is 24.4 Å². The van der Waals surface area contributed by atoms with Crippen molar-refractivity contribution < 1.29 is 19.4 Å². The van der Waals surface area contributed by atoms with Crippen LogP contribution in [0.5, 0.6) is 0 Å². The van der Waals surface area contributed by atoms with E-state index in [1.165, 1.54) is 6.42 Å². The summed E-state index contributed by atoms with van der Waals surface area (Å²) in [6.45, 7) is 1.47. The summed E-state index contributed by atoms with van der Waals surface area (Å²) in [5.74, 6) is -0.150. The first-order valence-electron chi connectivity index (χ1n) is 9.43. The van der Waals surface area contributed by atoms with Crippen LogP contribution in [-0.2, 0) is 9.53 Å². The van der Waals surface area contributed by atoms with Gasteiger partial charge in [0.2, 0.25) is 5.91 Å². The number of ether oxygens (including phenoxy) is 1. The van der Waals surface area contributed by atoms with Gasteiger partial charge in [0.15, 0.2) is 0 Å². The molecule has 0 radical (unpaired) electrons. The normalized spacial score (nSPS) is 26.3. The molecule has 0 aliphatic carbocycles. The Morgan fingerprint density at radius 2 is 2.04 bits per heavy atom. The average molecular weight is 361 g/mol. The number of nitrogens with zero attached hydrogens (tertiary/aromatic N) is 2. The van der Waals surface area contributed by atoms with Crippen LogP contribution in [0.4, 0.5) is 0 Å². The zero-order valence-electron chi connectivity index (χ0n) is 15.0. The van der Waals surface area contributed by atoms with E-state index < -0.39 is 6.10 Å². The molecule has 7 heteroatoms. The Morgan fingerprint density at radius 1 is 1.23 bits per heavy atom. The Labute approximate surface area is 153 Å². The van der Waals surface area contributed by atoms with Gasteiger partial charge in [-0.25, -0.2) is 0 Å². The lowest BCUT2D eigenvalue weighted by Gasteiger charge is -2.37. The number of hydrogen-bond donors (Lipinski definition) is 2. The number of piperidine rings is 1. The number of aromatic nitrogens is 1. The standard InChI is InChI=1S/C19H27N3O4/c23-13-17-15(21-19(25)16-6-2-3-9-20-16)8-7-14(26-17)12-18(24)22-10-4-1-5-11-22/h2-3,6,9,14-15,17,23H,1,4-5,7-8,10-13H2,(H,21,25)/t14-,15-,17-/m1/s1. The molecule has 0 unspecified atom stereocenters. The fourth-order valence-corrected chi connectivity index (χ4v) is 3.65. The van der Waals surface area contributed by atoms with Crippen LogP contribution in [-0.4, -0.2) is 64.8 Å². The third-order valence-corrected chi connectivity index (χ3v) is 5.12. The minimum Gasteiger partial charge on any atom is -0.394 e. The van der Waals surface area contributed by atoms with E-state index in [9.17, 15) is 14.7 Å². The molecule has 26 heavy (non-hydrogen) atoms. The molecule has 2 N–H and O–H groups in total. The predicted octanol–water partition coefficient (Wildman–Crippen LogP) is 1.12. The topological polar surface area (TPSA) is 91.8 Å². The van der Waals surface area contributed by atoms with Gasteiger partial charge >= 0.3 is 0 Å². The summed E-state index contributed by atoms with van der Waals surface area (Å²) < 4.78 is 5.91. The van der Waals surface area contributed by atoms with E-state index in [0.29, 0.717) is 25.0 Å². The Bertz CT molecular complexity index is 604. The van der Waals surface area contributed by atoms with Crippen LogP contribution in [0, 0.1) is 0 Å². The summed E-state index contributed by atoms with van der Waals surface area (Å²) in [5.41, 5.74) is 0.339. The molecule has 2 aliphatic rings. The molecule has 7 nitrogen and oxygen atoms in total. The average Bonchev–Trinajstić information content (AvgIpc) is 2.70. The van der Waals surface area contributed by atoms with Crippen LogP contribution in [0.2, 0.25) is 0 Å². The number of aliphatic hydroxyl groups excluding tert-OH is 1. The molecule has 0 bridgehead atoms. The maximum Gasteiger partial charge on any atom is 0.270 e. The van der Waals surface area contributed by atoms with E-state index >= 15 is 0 Å². The number of aliphatic hydroxyl groups is 1. The van der Waals surface area contributed by atoms with Gasteiger partial charge in [0.1, 0.15) is 11.8 Å². The van der Waals surface area contributed by atoms with E-state index in [2.05, 4.69) is 10.3 Å². The molecular formula is C19H27N3O4. The minimum absolute atomic E-state index is 0.127. The van der Waals surface area contributed by atoms with Crippen LogP contribution < -0.4 is 5.32 Å². The molecule has 2 fully saturated rings. The Hall–Kier alpha value is -1.99. The van der Waals surface area contributed by atoms with Crippen LogP contribution in [0.3, 0.4) is 0 Å². The molecule has 1 aromatic heterocycles. The van der Waals surface area contributed by atoms with Gasteiger partial charge in [0.25, 0.3) is 5.91 Å². The smallest absolute Gasteiger partial charge is 0.270 e. The Kier molecular flexibility index (Phi) is 6.57. The van der Waals surface area contributed by atoms with Gasteiger partial charge in [-0.3, -0.25) is 14.6 Å². The van der Waals surface area contributed by atoms with Crippen molar-refractivity contribution in [3.63, 3.8) is 0 Å². The second-order valence-electron chi connectivity index (χ2n) is 7.00. The summed E-state index contributed by atoms with van der Waals surface area (Å²) >= 11 is 0. The molecule has 2 amide bonds. The number of nitrogens with one attached hydrogen (secondary N) is 1. The van der Waals surface area contributed by atoms with E-state index in [0.717, 1.165) is 25.9 Å². The SMILES string of the molecule is O=C(N[C@@H]1CC[C@H](CC(=O)N2CCCCC2)O[C@@H]1CO)c1ccccn1. The first-order valence-corrected chi connectivity index (χ1v) is 9.43. The van der Waals surface area contributed by atoms with Crippen molar-refractivity contribution in [2.75, 3.05) is 19.7 Å². The highest BCUT2D eigenvalue weighted by molar-refractivity contribution is 5.92. The minimum atomic E-state index is -0.504. The summed E-state index contributed by atoms with van der Waals surface area (Å²) in [6.07, 6.45) is 5.88. The summed E-state index contributed by atoms with van der Waals surface area (Å²) in [6, 6.07) is 4.87. The van der Waals surface area contributed by atoms with Crippen LogP contribution >= 0.6 is 0 Å². The third-order valence-electron chi connectivity index (χ3n) is 5.12. The van der Waals surface area contributed by atoms with Crippen molar-refractivity contribution in [1.29, 1.82) is 0 Å². The lowest BCUT2D eigenvalue weighted by atomic mass is 9.96. The molecule has 3 rings (SSSR count). The second kappa shape index (κ2) is 9.09. The highest BCUT2D eigenvalue weighted by Gasteiger charge is 2.34. The quantitative estimate of drug-likeness (QED) is 0.820. The van der Waals surface area contributed by atoms with Gasteiger partial charge in [0, 0.05) is 19.3 Å². The lowest BCUT2D eigenvalue weighted by molar-refractivity contribution is -0.141. The molecule has 3 heterocycles. The molecule has 0 saturated carbocycles. The summed E-state index contributed by atoms with van der Waals surface area (Å²) in [4.78, 5) is 30.6. The van der Waals surface area contributed by atoms with Gasteiger partial charge in [0.05, 0.1) is 25.2 Å². The fraction of sp³-hybridized carbons (Fsp3) is 0.632. The maximum absolute atomic E-state index is 12.4. The Balaban J connectivity index is 1.51. The van der Waals surface area contributed by atoms with Crippen LogP contribution in [0.1, 0.15) is 49.0 Å². The van der Waals surface area contributed by atoms with E-state index in [1.807, 2.05) is 4.90 Å². The van der Waals surface area contributed by atoms with Gasteiger partial charge < -0.3 is 20.1 Å². The van der Waals surface area contributed by atoms with Gasteiger partial charge in [-0.05, 0) is 44.2 Å². The first-order chi connectivity index (χ1) is 12.7. The zero-order chi connectivity index (χ0) is 18.4. The number of likely N-dealkylation sites (tertiary alicyclic amines) is 1. The van der Waals surface area contributed by atoms with E-state index in [1.54, 1.807) is 24.4 Å². The van der Waals surface area contributed by atoms with Crippen LogP contribution in [0.25, 0.3) is 0 Å². The number of rotatable bonds is 5. The van der Waals surface area contributed by atoms with Crippen molar-refractivity contribution in [2.45, 2.75) is 56.8 Å². The zero-order valence-corrected chi connectivity index (χ0v) is 15.0. The number of hydrogen-bond acceptors (Lipinski definition) is 5. The van der Waals surface area contributed by atoms with Crippen molar-refractivity contribution in [1.82, 2.24) is 15.2 Å². The molecule has 2 saturated heterocycles. The van der Waals surface area contributed by atoms with Gasteiger partial charge in [-0.15, -0.1) is 0 Å². The van der Waals surface area contributed by atoms with Crippen molar-refractivity contribution in [3.8, 4) is 0 Å². The first kappa shape index (κ1) is 18.8. The van der Waals surface area contributed by atoms with Crippen molar-refractivity contribution in [3.05, 3.63) is 30.1 Å². The van der Waals surface area contributed by atoms with Gasteiger partial charge in [-0.2, -0.15) is 0 Å². The Morgan fingerprint density at radius 3 is 2.73 bits per heavy atom. The molecular weight excluding hydrogens is 334 g/mol. The maximum atomic E-state index is 12.4. The monoisotopic (exact) mass is 361 g/mol. The molecule has 3 atom stereocenters. The number of amides is 2. The largest absolute Gasteiger partial charge is 0.394 e. The predicted molar refractivity (Wildman–Crippen MR) is 95.5 cm³/mol. The third kappa shape index (κ3) is 4.80. The molecule has 2 aliphatic heterocycles. The fourth-order valence-electron chi connectivity index (χ4n) is 3.65. The molecule has 1 aromatic rings. The van der Waals surface area contributed by atoms with E-state index in [4.69, 9.17) is 4.74 Å². The van der Waals surface area contributed by atoms with E-state index in [-0.39, 0.29) is 30.6 Å². The lowest BCUT2D eigenvalue weighted by Crippen LogP contribution is -2.51. The highest BCUT2D eigenvalue weighted by Crippen LogP contribution is 2.23. The van der Waals surface area contributed by atoms with Gasteiger partial charge in [-0.1, -0.05) is 6.07 Å². The van der Waals surface area contributed by atoms with Crippen molar-refractivity contribution >= 4 is 11.8 Å². The molecule has 0 spiro atoms. The number of pyridine rings is 1.